The molecule has 1 aliphatic heterocycles. The fourth-order valence-electron chi connectivity index (χ4n) is 2.63. The number of nitrogens with one attached hydrogen (secondary N) is 1. The van der Waals surface area contributed by atoms with Gasteiger partial charge in [-0.05, 0) is 23.8 Å². The minimum Gasteiger partial charge on any atom is -0.488 e. The van der Waals surface area contributed by atoms with Gasteiger partial charge in [0.1, 0.15) is 11.9 Å². The highest BCUT2D eigenvalue weighted by Gasteiger charge is 2.21. The first kappa shape index (κ1) is 13.5. The Bertz CT molecular complexity index is 727. The van der Waals surface area contributed by atoms with Crippen LogP contribution in [0.1, 0.15) is 11.3 Å². The van der Waals surface area contributed by atoms with Gasteiger partial charge in [0.2, 0.25) is 0 Å². The van der Waals surface area contributed by atoms with Crippen molar-refractivity contribution in [1.29, 1.82) is 0 Å². The van der Waals surface area contributed by atoms with Crippen LogP contribution in [0.3, 0.4) is 0 Å². The highest BCUT2D eigenvalue weighted by molar-refractivity contribution is 7.13. The first-order valence-corrected chi connectivity index (χ1v) is 8.20. The van der Waals surface area contributed by atoms with E-state index in [9.17, 15) is 0 Å². The zero-order valence-corrected chi connectivity index (χ0v) is 12.8. The minimum absolute atomic E-state index is 0.209. The quantitative estimate of drug-likeness (QED) is 0.783. The fourth-order valence-corrected chi connectivity index (χ4v) is 3.42. The van der Waals surface area contributed by atoms with Gasteiger partial charge < -0.3 is 14.5 Å². The van der Waals surface area contributed by atoms with E-state index in [1.807, 2.05) is 24.3 Å². The summed E-state index contributed by atoms with van der Waals surface area (Å²) in [6, 6.07) is 12.0. The molecule has 3 aromatic rings. The number of nitrogens with zero attached hydrogens (tertiary/aromatic N) is 1. The van der Waals surface area contributed by atoms with Gasteiger partial charge in [0, 0.05) is 24.9 Å². The van der Waals surface area contributed by atoms with E-state index < -0.39 is 0 Å². The van der Waals surface area contributed by atoms with Crippen LogP contribution in [0.15, 0.2) is 52.5 Å². The third-order valence-electron chi connectivity index (χ3n) is 3.68. The molecular weight excluding hydrogens is 296 g/mol. The molecule has 1 atom stereocenters. The molecule has 3 heterocycles. The zero-order valence-electron chi connectivity index (χ0n) is 12.0. The molecule has 0 unspecified atom stereocenters. The summed E-state index contributed by atoms with van der Waals surface area (Å²) >= 11 is 1.60. The average molecular weight is 312 g/mol. The highest BCUT2D eigenvalue weighted by Crippen LogP contribution is 2.28. The van der Waals surface area contributed by atoms with Crippen molar-refractivity contribution in [2.24, 2.45) is 0 Å². The summed E-state index contributed by atoms with van der Waals surface area (Å²) in [5, 5.41) is 6.41. The van der Waals surface area contributed by atoms with E-state index >= 15 is 0 Å². The van der Waals surface area contributed by atoms with E-state index in [0.717, 1.165) is 41.7 Å². The van der Waals surface area contributed by atoms with Gasteiger partial charge in [-0.15, -0.1) is 11.3 Å². The normalized spacial score (nSPS) is 16.5. The van der Waals surface area contributed by atoms with E-state index in [2.05, 4.69) is 27.8 Å². The highest BCUT2D eigenvalue weighted by atomic mass is 32.1. The lowest BCUT2D eigenvalue weighted by Gasteiger charge is -2.10. The first-order valence-electron chi connectivity index (χ1n) is 7.32. The van der Waals surface area contributed by atoms with Crippen molar-refractivity contribution in [2.45, 2.75) is 19.1 Å². The van der Waals surface area contributed by atoms with Gasteiger partial charge in [0.25, 0.3) is 0 Å². The van der Waals surface area contributed by atoms with E-state index in [-0.39, 0.29) is 6.10 Å². The van der Waals surface area contributed by atoms with E-state index in [1.165, 1.54) is 5.56 Å². The van der Waals surface area contributed by atoms with Gasteiger partial charge >= 0.3 is 0 Å². The molecule has 4 nitrogen and oxygen atoms in total. The second kappa shape index (κ2) is 5.94. The van der Waals surface area contributed by atoms with Crippen molar-refractivity contribution < 1.29 is 9.15 Å². The number of aromatic nitrogens is 1. The van der Waals surface area contributed by atoms with Gasteiger partial charge in [-0.3, -0.25) is 0 Å². The lowest BCUT2D eigenvalue weighted by molar-refractivity contribution is 0.227. The molecular formula is C17H16N2O2S. The molecule has 1 aliphatic rings. The number of benzene rings is 1. The number of furan rings is 1. The maximum Gasteiger partial charge on any atom is 0.162 e. The molecule has 1 aromatic carbocycles. The van der Waals surface area contributed by atoms with Crippen LogP contribution in [0.25, 0.3) is 10.8 Å². The standard InChI is InChI=1S/C17H16N2O2S/c1-2-5-15-12(4-1)8-14(21-15)10-18-9-13-11-22-17(19-13)16-6-3-7-20-16/h1-7,11,14,18H,8-10H2/t14-/m0/s1. The van der Waals surface area contributed by atoms with E-state index in [0.29, 0.717) is 0 Å². The molecule has 22 heavy (non-hydrogen) atoms. The molecule has 0 fully saturated rings. The summed E-state index contributed by atoms with van der Waals surface area (Å²) in [5.74, 6) is 1.84. The molecule has 2 aromatic heterocycles. The Balaban J connectivity index is 1.30. The number of ether oxygens (including phenoxy) is 1. The first-order chi connectivity index (χ1) is 10.9. The van der Waals surface area contributed by atoms with Crippen LogP contribution in [-0.2, 0) is 13.0 Å². The van der Waals surface area contributed by atoms with E-state index in [1.54, 1.807) is 17.6 Å². The predicted octanol–water partition coefficient (Wildman–Crippen LogP) is 3.50. The second-order valence-corrected chi connectivity index (χ2v) is 6.16. The van der Waals surface area contributed by atoms with Crippen LogP contribution in [0.2, 0.25) is 0 Å². The number of hydrogen-bond acceptors (Lipinski definition) is 5. The van der Waals surface area contributed by atoms with Crippen LogP contribution >= 0.6 is 11.3 Å². The summed E-state index contributed by atoms with van der Waals surface area (Å²) in [4.78, 5) is 4.58. The Morgan fingerprint density at radius 3 is 3.05 bits per heavy atom. The van der Waals surface area contributed by atoms with Crippen LogP contribution in [0.5, 0.6) is 5.75 Å². The molecule has 5 heteroatoms. The largest absolute Gasteiger partial charge is 0.488 e. The number of rotatable bonds is 5. The van der Waals surface area contributed by atoms with Crippen LogP contribution < -0.4 is 10.1 Å². The number of thiazole rings is 1. The van der Waals surface area contributed by atoms with Crippen LogP contribution in [0.4, 0.5) is 0 Å². The molecule has 0 bridgehead atoms. The smallest absolute Gasteiger partial charge is 0.162 e. The Morgan fingerprint density at radius 1 is 1.23 bits per heavy atom. The molecule has 0 saturated carbocycles. The monoisotopic (exact) mass is 312 g/mol. The molecule has 0 aliphatic carbocycles. The zero-order chi connectivity index (χ0) is 14.8. The van der Waals surface area contributed by atoms with Crippen molar-refractivity contribution in [3.63, 3.8) is 0 Å². The summed E-state index contributed by atoms with van der Waals surface area (Å²) in [6.45, 7) is 1.57. The summed E-state index contributed by atoms with van der Waals surface area (Å²) in [6.07, 6.45) is 2.85. The van der Waals surface area contributed by atoms with Crippen molar-refractivity contribution in [1.82, 2.24) is 10.3 Å². The minimum atomic E-state index is 0.209. The SMILES string of the molecule is c1coc(-c2nc(CNC[C@@H]3Cc4ccccc4O3)cs2)c1. The Morgan fingerprint density at radius 2 is 2.18 bits per heavy atom. The van der Waals surface area contributed by atoms with Gasteiger partial charge in [-0.2, -0.15) is 0 Å². The van der Waals surface area contributed by atoms with Crippen molar-refractivity contribution in [3.05, 3.63) is 59.3 Å². The number of para-hydroxylation sites is 1. The Labute approximate surface area is 132 Å². The maximum absolute atomic E-state index is 5.91. The Hall–Kier alpha value is -2.11. The molecule has 4 rings (SSSR count). The lowest BCUT2D eigenvalue weighted by atomic mass is 10.1. The average Bonchev–Trinajstić information content (AvgIpc) is 3.27. The van der Waals surface area contributed by atoms with Crippen LogP contribution in [-0.4, -0.2) is 17.6 Å². The number of fused-ring (bicyclic) bond motifs is 1. The van der Waals surface area contributed by atoms with Gasteiger partial charge in [-0.25, -0.2) is 4.98 Å². The molecule has 0 spiro atoms. The molecule has 112 valence electrons. The van der Waals surface area contributed by atoms with E-state index in [4.69, 9.17) is 9.15 Å². The number of hydrogen-bond donors (Lipinski definition) is 1. The van der Waals surface area contributed by atoms with Gasteiger partial charge in [0.05, 0.1) is 12.0 Å². The molecule has 0 radical (unpaired) electrons. The maximum atomic E-state index is 5.91. The van der Waals surface area contributed by atoms with Crippen LogP contribution in [0, 0.1) is 0 Å². The predicted molar refractivity (Wildman–Crippen MR) is 86.1 cm³/mol. The van der Waals surface area contributed by atoms with Crippen molar-refractivity contribution >= 4 is 11.3 Å². The third-order valence-corrected chi connectivity index (χ3v) is 4.58. The summed E-state index contributed by atoms with van der Waals surface area (Å²) in [5.41, 5.74) is 2.33. The van der Waals surface area contributed by atoms with Gasteiger partial charge in [0.15, 0.2) is 10.8 Å². The topological polar surface area (TPSA) is 47.3 Å². The Kier molecular flexibility index (Phi) is 3.66. The molecule has 1 N–H and O–H groups in total. The van der Waals surface area contributed by atoms with Gasteiger partial charge in [-0.1, -0.05) is 18.2 Å². The third kappa shape index (κ3) is 2.77. The summed E-state index contributed by atoms with van der Waals surface area (Å²) < 4.78 is 11.3. The lowest BCUT2D eigenvalue weighted by Crippen LogP contribution is -2.29. The molecule has 0 amide bonds. The fraction of sp³-hybridized carbons (Fsp3) is 0.235. The second-order valence-electron chi connectivity index (χ2n) is 5.30. The molecule has 0 saturated heterocycles. The van der Waals surface area contributed by atoms with Crippen molar-refractivity contribution in [3.8, 4) is 16.5 Å². The van der Waals surface area contributed by atoms with Crippen molar-refractivity contribution in [2.75, 3.05) is 6.54 Å². The summed E-state index contributed by atoms with van der Waals surface area (Å²) in [7, 11) is 0.